The molecule has 25 heavy (non-hydrogen) atoms. The van der Waals surface area contributed by atoms with E-state index in [9.17, 15) is 9.90 Å². The molecule has 0 amide bonds. The van der Waals surface area contributed by atoms with E-state index in [2.05, 4.69) is 9.47 Å². The number of aliphatic hydroxyl groups is 1. The van der Waals surface area contributed by atoms with Crippen LogP contribution >= 0.6 is 0 Å². The number of nitrogens with zero attached hydrogens (tertiary/aromatic N) is 2. The zero-order valence-electron chi connectivity index (χ0n) is 15.9. The van der Waals surface area contributed by atoms with Gasteiger partial charge in [-0.25, -0.2) is 0 Å². The van der Waals surface area contributed by atoms with Gasteiger partial charge in [0.05, 0.1) is 18.8 Å². The molecule has 5 heteroatoms. The molecule has 1 N–H and O–H groups in total. The molecule has 1 aromatic heterocycles. The lowest BCUT2D eigenvalue weighted by Gasteiger charge is -2.47. The van der Waals surface area contributed by atoms with Crippen molar-refractivity contribution in [2.24, 2.45) is 5.92 Å². The fraction of sp³-hybridized carbons (Fsp3) is 0.750. The number of hydrogen-bond donors (Lipinski definition) is 1. The first-order valence-electron chi connectivity index (χ1n) is 9.58. The summed E-state index contributed by atoms with van der Waals surface area (Å²) in [6.45, 7) is 7.62. The summed E-state index contributed by atoms with van der Waals surface area (Å²) in [4.78, 5) is 15.1. The number of fused-ring (bicyclic) bond motifs is 1. The molecule has 140 valence electrons. The van der Waals surface area contributed by atoms with Gasteiger partial charge in [0.2, 0.25) is 0 Å². The van der Waals surface area contributed by atoms with Crippen LogP contribution in [0.15, 0.2) is 6.07 Å². The van der Waals surface area contributed by atoms with Crippen molar-refractivity contribution in [3.63, 3.8) is 0 Å². The summed E-state index contributed by atoms with van der Waals surface area (Å²) in [5.41, 5.74) is 2.50. The molecule has 5 nitrogen and oxygen atoms in total. The Morgan fingerprint density at radius 1 is 1.36 bits per heavy atom. The van der Waals surface area contributed by atoms with Gasteiger partial charge in [-0.2, -0.15) is 0 Å². The van der Waals surface area contributed by atoms with Crippen molar-refractivity contribution >= 4 is 5.78 Å². The number of carbonyl (C=O) groups excluding carboxylic acids is 1. The number of aryl methyl sites for hydroxylation is 1. The average Bonchev–Trinajstić information content (AvgIpc) is 2.87. The molecule has 0 bridgehead atoms. The SMILES string of the molecule is COCCn1c(C)cc(C(=O)CN2CC[C@]3(O)CCCC[C@@H]3C2)c1C. The third-order valence-electron chi connectivity index (χ3n) is 6.27. The first kappa shape index (κ1) is 18.6. The van der Waals surface area contributed by atoms with Crippen LogP contribution in [-0.2, 0) is 11.3 Å². The topological polar surface area (TPSA) is 54.7 Å². The van der Waals surface area contributed by atoms with Crippen LogP contribution in [0.2, 0.25) is 0 Å². The highest BCUT2D eigenvalue weighted by atomic mass is 16.5. The van der Waals surface area contributed by atoms with Crippen molar-refractivity contribution in [1.29, 1.82) is 0 Å². The molecule has 1 saturated heterocycles. The minimum Gasteiger partial charge on any atom is -0.390 e. The Labute approximate surface area is 151 Å². The van der Waals surface area contributed by atoms with Gasteiger partial charge >= 0.3 is 0 Å². The Bertz CT molecular complexity index is 625. The molecule has 2 heterocycles. The smallest absolute Gasteiger partial charge is 0.178 e. The number of ketones is 1. The number of likely N-dealkylation sites (tertiary alicyclic amines) is 1. The molecule has 2 fully saturated rings. The Morgan fingerprint density at radius 2 is 2.16 bits per heavy atom. The molecule has 0 aromatic carbocycles. The van der Waals surface area contributed by atoms with E-state index in [0.29, 0.717) is 19.1 Å². The zero-order valence-corrected chi connectivity index (χ0v) is 15.9. The van der Waals surface area contributed by atoms with Crippen molar-refractivity contribution in [1.82, 2.24) is 9.47 Å². The third-order valence-corrected chi connectivity index (χ3v) is 6.27. The van der Waals surface area contributed by atoms with E-state index < -0.39 is 5.60 Å². The maximum Gasteiger partial charge on any atom is 0.178 e. The van der Waals surface area contributed by atoms with Crippen LogP contribution in [0.1, 0.15) is 53.8 Å². The van der Waals surface area contributed by atoms with E-state index in [-0.39, 0.29) is 5.78 Å². The fourth-order valence-electron chi connectivity index (χ4n) is 4.68. The summed E-state index contributed by atoms with van der Waals surface area (Å²) in [5.74, 6) is 0.523. The molecule has 1 aromatic rings. The Kier molecular flexibility index (Phi) is 5.66. The van der Waals surface area contributed by atoms with Gasteiger partial charge in [0.1, 0.15) is 0 Å². The second-order valence-corrected chi connectivity index (χ2v) is 7.88. The van der Waals surface area contributed by atoms with Crippen LogP contribution in [-0.4, -0.2) is 59.3 Å². The Morgan fingerprint density at radius 3 is 2.92 bits per heavy atom. The summed E-state index contributed by atoms with van der Waals surface area (Å²) < 4.78 is 7.33. The minimum absolute atomic E-state index is 0.193. The van der Waals surface area contributed by atoms with Crippen molar-refractivity contribution in [3.05, 3.63) is 23.0 Å². The molecule has 3 rings (SSSR count). The van der Waals surface area contributed by atoms with Crippen LogP contribution in [0, 0.1) is 19.8 Å². The monoisotopic (exact) mass is 348 g/mol. The molecule has 0 radical (unpaired) electrons. The number of methoxy groups -OCH3 is 1. The molecule has 2 atom stereocenters. The molecule has 1 saturated carbocycles. The van der Waals surface area contributed by atoms with E-state index in [1.165, 1.54) is 6.42 Å². The largest absolute Gasteiger partial charge is 0.390 e. The van der Waals surface area contributed by atoms with E-state index in [1.54, 1.807) is 7.11 Å². The van der Waals surface area contributed by atoms with Gasteiger partial charge in [-0.15, -0.1) is 0 Å². The first-order valence-corrected chi connectivity index (χ1v) is 9.58. The lowest BCUT2D eigenvalue weighted by molar-refractivity contribution is -0.0936. The summed E-state index contributed by atoms with van der Waals surface area (Å²) in [6, 6.07) is 2.01. The zero-order chi connectivity index (χ0) is 18.0. The van der Waals surface area contributed by atoms with Crippen LogP contribution in [0.4, 0.5) is 0 Å². The van der Waals surface area contributed by atoms with Crippen molar-refractivity contribution in [2.45, 2.75) is 58.1 Å². The van der Waals surface area contributed by atoms with Gasteiger partial charge in [-0.1, -0.05) is 12.8 Å². The van der Waals surface area contributed by atoms with Gasteiger partial charge in [0.25, 0.3) is 0 Å². The Hall–Kier alpha value is -1.17. The van der Waals surface area contributed by atoms with Crippen LogP contribution in [0.5, 0.6) is 0 Å². The van der Waals surface area contributed by atoms with E-state index >= 15 is 0 Å². The van der Waals surface area contributed by atoms with Gasteiger partial charge < -0.3 is 14.4 Å². The maximum absolute atomic E-state index is 12.9. The van der Waals surface area contributed by atoms with Crippen LogP contribution in [0.25, 0.3) is 0 Å². The third kappa shape index (κ3) is 3.83. The van der Waals surface area contributed by atoms with E-state index in [0.717, 1.165) is 62.3 Å². The number of piperidine rings is 1. The summed E-state index contributed by atoms with van der Waals surface area (Å²) in [6.07, 6.45) is 5.17. The quantitative estimate of drug-likeness (QED) is 0.803. The van der Waals surface area contributed by atoms with Crippen molar-refractivity contribution in [2.75, 3.05) is 33.4 Å². The number of hydrogen-bond acceptors (Lipinski definition) is 4. The highest BCUT2D eigenvalue weighted by Gasteiger charge is 2.42. The first-order chi connectivity index (χ1) is 11.9. The number of ether oxygens (including phenoxy) is 1. The van der Waals surface area contributed by atoms with Gasteiger partial charge in [-0.3, -0.25) is 9.69 Å². The van der Waals surface area contributed by atoms with Crippen LogP contribution < -0.4 is 0 Å². The molecule has 0 unspecified atom stereocenters. The number of aromatic nitrogens is 1. The lowest BCUT2D eigenvalue weighted by Crippen LogP contribution is -2.54. The second kappa shape index (κ2) is 7.60. The molecule has 0 spiro atoms. The average molecular weight is 348 g/mol. The number of Topliss-reactive ketones (excluding diaryl/α,β-unsaturated/α-hetero) is 1. The summed E-state index contributed by atoms with van der Waals surface area (Å²) in [7, 11) is 1.70. The summed E-state index contributed by atoms with van der Waals surface area (Å²) in [5, 5.41) is 10.8. The predicted molar refractivity (Wildman–Crippen MR) is 98.1 cm³/mol. The maximum atomic E-state index is 12.9. The predicted octanol–water partition coefficient (Wildman–Crippen LogP) is 2.56. The van der Waals surface area contributed by atoms with Crippen molar-refractivity contribution < 1.29 is 14.6 Å². The fourth-order valence-corrected chi connectivity index (χ4v) is 4.68. The molecule has 1 aliphatic heterocycles. The normalized spacial score (nSPS) is 27.3. The standard InChI is InChI=1S/C20H32N2O3/c1-15-12-18(16(2)22(15)10-11-25-3)19(23)14-21-9-8-20(24)7-5-4-6-17(20)13-21/h12,17,24H,4-11,13-14H2,1-3H3/t17-,20-/m1/s1. The Balaban J connectivity index is 1.65. The number of rotatable bonds is 6. The van der Waals surface area contributed by atoms with E-state index in [4.69, 9.17) is 4.74 Å². The second-order valence-electron chi connectivity index (χ2n) is 7.88. The molecular formula is C20H32N2O3. The van der Waals surface area contributed by atoms with E-state index in [1.807, 2.05) is 19.9 Å². The highest BCUT2D eigenvalue weighted by Crippen LogP contribution is 2.39. The van der Waals surface area contributed by atoms with Gasteiger partial charge in [0.15, 0.2) is 5.78 Å². The van der Waals surface area contributed by atoms with Crippen LogP contribution in [0.3, 0.4) is 0 Å². The summed E-state index contributed by atoms with van der Waals surface area (Å²) >= 11 is 0. The van der Waals surface area contributed by atoms with Gasteiger partial charge in [0, 0.05) is 49.6 Å². The minimum atomic E-state index is -0.478. The molecule has 2 aliphatic rings. The lowest BCUT2D eigenvalue weighted by atomic mass is 9.71. The molecule has 1 aliphatic carbocycles. The van der Waals surface area contributed by atoms with Gasteiger partial charge in [-0.05, 0) is 39.2 Å². The van der Waals surface area contributed by atoms with Crippen molar-refractivity contribution in [3.8, 4) is 0 Å². The molecular weight excluding hydrogens is 316 g/mol. The number of carbonyl (C=O) groups is 1. The highest BCUT2D eigenvalue weighted by molar-refractivity contribution is 5.99.